The highest BCUT2D eigenvalue weighted by Crippen LogP contribution is 2.33. The predicted molar refractivity (Wildman–Crippen MR) is 78.2 cm³/mol. The fraction of sp³-hybridized carbons (Fsp3) is 0.769. The van der Waals surface area contributed by atoms with Crippen molar-refractivity contribution in [1.29, 1.82) is 0 Å². The van der Waals surface area contributed by atoms with Gasteiger partial charge in [-0.1, -0.05) is 6.92 Å². The van der Waals surface area contributed by atoms with E-state index in [2.05, 4.69) is 22.2 Å². The molecule has 112 valence electrons. The maximum absolute atomic E-state index is 11.4. The molecule has 1 unspecified atom stereocenters. The van der Waals surface area contributed by atoms with Gasteiger partial charge in [0.15, 0.2) is 0 Å². The topological polar surface area (TPSA) is 76.2 Å². The van der Waals surface area contributed by atoms with Crippen LogP contribution in [-0.2, 0) is 6.54 Å². The second-order valence-corrected chi connectivity index (χ2v) is 5.17. The van der Waals surface area contributed by atoms with Gasteiger partial charge in [0.05, 0.1) is 4.92 Å². The zero-order valence-electron chi connectivity index (χ0n) is 12.4. The van der Waals surface area contributed by atoms with Crippen LogP contribution in [0.3, 0.4) is 0 Å². The molecule has 7 heteroatoms. The zero-order chi connectivity index (χ0) is 14.7. The third-order valence-corrected chi connectivity index (χ3v) is 3.78. The molecule has 1 fully saturated rings. The van der Waals surface area contributed by atoms with Gasteiger partial charge in [-0.05, 0) is 33.2 Å². The monoisotopic (exact) mass is 281 g/mol. The Bertz CT molecular complexity index is 479. The van der Waals surface area contributed by atoms with Gasteiger partial charge >= 0.3 is 5.69 Å². The summed E-state index contributed by atoms with van der Waals surface area (Å²) in [7, 11) is 0. The average Bonchev–Trinajstić information content (AvgIpc) is 3.00. The number of anilines is 1. The van der Waals surface area contributed by atoms with Crippen molar-refractivity contribution in [2.75, 3.05) is 24.5 Å². The van der Waals surface area contributed by atoms with E-state index in [9.17, 15) is 10.1 Å². The van der Waals surface area contributed by atoms with Crippen LogP contribution in [-0.4, -0.2) is 40.4 Å². The van der Waals surface area contributed by atoms with Crippen LogP contribution in [0.15, 0.2) is 0 Å². The van der Waals surface area contributed by atoms with Gasteiger partial charge in [0.25, 0.3) is 0 Å². The van der Waals surface area contributed by atoms with Gasteiger partial charge in [-0.3, -0.25) is 10.1 Å². The minimum atomic E-state index is -0.297. The van der Waals surface area contributed by atoms with Gasteiger partial charge in [-0.15, -0.1) is 0 Å². The maximum atomic E-state index is 11.4. The number of hydrogen-bond acceptors (Lipinski definition) is 5. The molecule has 1 aromatic heterocycles. The van der Waals surface area contributed by atoms with Gasteiger partial charge in [0.1, 0.15) is 5.69 Å². The number of nitro groups is 1. The van der Waals surface area contributed by atoms with E-state index in [1.54, 1.807) is 11.6 Å². The first kappa shape index (κ1) is 14.8. The van der Waals surface area contributed by atoms with Crippen LogP contribution >= 0.6 is 0 Å². The van der Waals surface area contributed by atoms with Crippen LogP contribution in [0.4, 0.5) is 11.5 Å². The SMILES string of the molecule is CCCn1nc(C)c([N+](=O)[O-])c1N(CC)C1CCNC1. The highest BCUT2D eigenvalue weighted by molar-refractivity contribution is 5.62. The summed E-state index contributed by atoms with van der Waals surface area (Å²) in [4.78, 5) is 13.2. The molecule has 0 aromatic carbocycles. The standard InChI is InChI=1S/C13H23N5O2/c1-4-8-17-13(12(18(19)20)10(3)15-17)16(5-2)11-6-7-14-9-11/h11,14H,4-9H2,1-3H3. The molecule has 1 aliphatic heterocycles. The minimum absolute atomic E-state index is 0.159. The summed E-state index contributed by atoms with van der Waals surface area (Å²) in [5, 5.41) is 19.1. The lowest BCUT2D eigenvalue weighted by Gasteiger charge is -2.28. The molecule has 20 heavy (non-hydrogen) atoms. The fourth-order valence-corrected chi connectivity index (χ4v) is 2.91. The first-order valence-electron chi connectivity index (χ1n) is 7.29. The van der Waals surface area contributed by atoms with Crippen molar-refractivity contribution in [3.63, 3.8) is 0 Å². The molecule has 1 saturated heterocycles. The van der Waals surface area contributed by atoms with E-state index < -0.39 is 0 Å². The fourth-order valence-electron chi connectivity index (χ4n) is 2.91. The highest BCUT2D eigenvalue weighted by atomic mass is 16.6. The third kappa shape index (κ3) is 2.63. The van der Waals surface area contributed by atoms with Crippen LogP contribution in [0.5, 0.6) is 0 Å². The highest BCUT2D eigenvalue weighted by Gasteiger charge is 2.33. The molecule has 0 spiro atoms. The van der Waals surface area contributed by atoms with Crippen LogP contribution in [0.25, 0.3) is 0 Å². The molecule has 1 atom stereocenters. The summed E-state index contributed by atoms with van der Waals surface area (Å²) in [5.74, 6) is 0.672. The Morgan fingerprint density at radius 1 is 1.55 bits per heavy atom. The number of likely N-dealkylation sites (N-methyl/N-ethyl adjacent to an activating group) is 1. The second kappa shape index (κ2) is 6.21. The quantitative estimate of drug-likeness (QED) is 0.634. The van der Waals surface area contributed by atoms with Crippen molar-refractivity contribution in [1.82, 2.24) is 15.1 Å². The number of nitrogens with one attached hydrogen (secondary N) is 1. The van der Waals surface area contributed by atoms with Crippen LogP contribution < -0.4 is 10.2 Å². The summed E-state index contributed by atoms with van der Waals surface area (Å²) in [6.07, 6.45) is 1.92. The van der Waals surface area contributed by atoms with E-state index in [1.165, 1.54) is 0 Å². The Hall–Kier alpha value is -1.63. The molecular formula is C13H23N5O2. The van der Waals surface area contributed by atoms with E-state index in [4.69, 9.17) is 0 Å². The van der Waals surface area contributed by atoms with Crippen molar-refractivity contribution in [2.45, 2.75) is 46.2 Å². The number of nitrogens with zero attached hydrogens (tertiary/aromatic N) is 4. The van der Waals surface area contributed by atoms with Crippen LogP contribution in [0.2, 0.25) is 0 Å². The second-order valence-electron chi connectivity index (χ2n) is 5.17. The first-order chi connectivity index (χ1) is 9.60. The van der Waals surface area contributed by atoms with Gasteiger partial charge in [0, 0.05) is 25.7 Å². The number of rotatable bonds is 6. The minimum Gasteiger partial charge on any atom is -0.347 e. The molecule has 1 aromatic rings. The molecule has 1 aliphatic rings. The largest absolute Gasteiger partial charge is 0.347 e. The van der Waals surface area contributed by atoms with E-state index in [1.807, 2.05) is 6.92 Å². The molecule has 2 rings (SSSR count). The molecule has 1 N–H and O–H groups in total. The van der Waals surface area contributed by atoms with Crippen molar-refractivity contribution in [3.8, 4) is 0 Å². The van der Waals surface area contributed by atoms with Crippen LogP contribution in [0, 0.1) is 17.0 Å². The molecule has 0 saturated carbocycles. The molecule has 7 nitrogen and oxygen atoms in total. The Morgan fingerprint density at radius 3 is 2.80 bits per heavy atom. The summed E-state index contributed by atoms with van der Waals surface area (Å²) < 4.78 is 1.80. The maximum Gasteiger partial charge on any atom is 0.333 e. The van der Waals surface area contributed by atoms with Gasteiger partial charge < -0.3 is 10.2 Å². The van der Waals surface area contributed by atoms with E-state index in [-0.39, 0.29) is 10.6 Å². The van der Waals surface area contributed by atoms with E-state index in [0.717, 1.165) is 32.5 Å². The first-order valence-corrected chi connectivity index (χ1v) is 7.29. The van der Waals surface area contributed by atoms with Gasteiger partial charge in [-0.25, -0.2) is 4.68 Å². The third-order valence-electron chi connectivity index (χ3n) is 3.78. The lowest BCUT2D eigenvalue weighted by atomic mass is 10.2. The number of hydrogen-bond donors (Lipinski definition) is 1. The Morgan fingerprint density at radius 2 is 2.30 bits per heavy atom. The zero-order valence-corrected chi connectivity index (χ0v) is 12.4. The molecule has 0 bridgehead atoms. The number of aryl methyl sites for hydroxylation is 2. The summed E-state index contributed by atoms with van der Waals surface area (Å²) in [5.41, 5.74) is 0.662. The molecule has 0 radical (unpaired) electrons. The Labute approximate surface area is 119 Å². The molecule has 0 amide bonds. The summed E-state index contributed by atoms with van der Waals surface area (Å²) in [6, 6.07) is 0.311. The van der Waals surface area contributed by atoms with Crippen molar-refractivity contribution >= 4 is 11.5 Å². The Kier molecular flexibility index (Phi) is 4.59. The van der Waals surface area contributed by atoms with Gasteiger partial charge in [-0.2, -0.15) is 5.10 Å². The van der Waals surface area contributed by atoms with Crippen molar-refractivity contribution in [3.05, 3.63) is 15.8 Å². The smallest absolute Gasteiger partial charge is 0.333 e. The van der Waals surface area contributed by atoms with E-state index >= 15 is 0 Å². The summed E-state index contributed by atoms with van der Waals surface area (Å²) in [6.45, 7) is 9.12. The Balaban J connectivity index is 2.47. The van der Waals surface area contributed by atoms with Crippen LogP contribution in [0.1, 0.15) is 32.4 Å². The molecule has 0 aliphatic carbocycles. The summed E-state index contributed by atoms with van der Waals surface area (Å²) >= 11 is 0. The van der Waals surface area contributed by atoms with Crippen molar-refractivity contribution < 1.29 is 4.92 Å². The normalized spacial score (nSPS) is 18.4. The predicted octanol–water partition coefficient (Wildman–Crippen LogP) is 1.70. The lowest BCUT2D eigenvalue weighted by molar-refractivity contribution is -0.384. The number of aromatic nitrogens is 2. The van der Waals surface area contributed by atoms with Gasteiger partial charge in [0.2, 0.25) is 5.82 Å². The van der Waals surface area contributed by atoms with Crippen molar-refractivity contribution in [2.24, 2.45) is 0 Å². The molecular weight excluding hydrogens is 258 g/mol. The average molecular weight is 281 g/mol. The molecule has 2 heterocycles. The lowest BCUT2D eigenvalue weighted by Crippen LogP contribution is -2.38. The van der Waals surface area contributed by atoms with E-state index in [0.29, 0.717) is 24.1 Å².